The number of hydrogen-bond donors (Lipinski definition) is 1. The molecule has 1 aliphatic rings. The molecule has 0 aliphatic heterocycles. The number of benzene rings is 1. The Morgan fingerprint density at radius 3 is 2.47 bits per heavy atom. The van der Waals surface area contributed by atoms with E-state index in [1.54, 1.807) is 0 Å². The number of aromatic nitrogens is 2. The van der Waals surface area contributed by atoms with Crippen LogP contribution in [-0.2, 0) is 6.61 Å². The Morgan fingerprint density at radius 2 is 1.95 bits per heavy atom. The van der Waals surface area contributed by atoms with Crippen molar-refractivity contribution in [2.24, 2.45) is 0 Å². The van der Waals surface area contributed by atoms with Gasteiger partial charge >= 0.3 is 0 Å². The van der Waals surface area contributed by atoms with E-state index in [9.17, 15) is 5.11 Å². The zero-order valence-electron chi connectivity index (χ0n) is 11.5. The van der Waals surface area contributed by atoms with Crippen LogP contribution in [0.25, 0.3) is 5.69 Å². The Labute approximate surface area is 113 Å². The van der Waals surface area contributed by atoms with Gasteiger partial charge in [0.25, 0.3) is 0 Å². The van der Waals surface area contributed by atoms with Crippen LogP contribution in [0.5, 0.6) is 0 Å². The van der Waals surface area contributed by atoms with Crippen LogP contribution < -0.4 is 0 Å². The van der Waals surface area contributed by atoms with Crippen LogP contribution in [0, 0.1) is 0 Å². The zero-order valence-corrected chi connectivity index (χ0v) is 11.5. The predicted molar refractivity (Wildman–Crippen MR) is 75.6 cm³/mol. The largest absolute Gasteiger partial charge is 0.390 e. The molecule has 0 saturated heterocycles. The molecule has 19 heavy (non-hydrogen) atoms. The quantitative estimate of drug-likeness (QED) is 0.910. The first-order chi connectivity index (χ1) is 9.19. The molecular weight excluding hydrogens is 236 g/mol. The maximum atomic E-state index is 9.27. The lowest BCUT2D eigenvalue weighted by molar-refractivity contribution is 0.276. The van der Waals surface area contributed by atoms with Gasteiger partial charge in [-0.05, 0) is 42.5 Å². The van der Waals surface area contributed by atoms with Gasteiger partial charge < -0.3 is 5.11 Å². The van der Waals surface area contributed by atoms with Crippen LogP contribution in [0.2, 0.25) is 0 Å². The minimum Gasteiger partial charge on any atom is -0.390 e. The summed E-state index contributed by atoms with van der Waals surface area (Å²) in [5, 5.41) is 13.8. The summed E-state index contributed by atoms with van der Waals surface area (Å²) in [6.07, 6.45) is 2.47. The van der Waals surface area contributed by atoms with Gasteiger partial charge in [-0.15, -0.1) is 0 Å². The molecule has 0 amide bonds. The van der Waals surface area contributed by atoms with E-state index in [1.807, 2.05) is 10.7 Å². The minimum absolute atomic E-state index is 0.0107. The summed E-state index contributed by atoms with van der Waals surface area (Å²) in [7, 11) is 0. The van der Waals surface area contributed by atoms with Gasteiger partial charge in [0.1, 0.15) is 0 Å². The predicted octanol–water partition coefficient (Wildman–Crippen LogP) is 3.37. The molecular formula is C16H20N2O. The van der Waals surface area contributed by atoms with Crippen molar-refractivity contribution in [2.45, 2.75) is 45.1 Å². The molecule has 1 N–H and O–H groups in total. The van der Waals surface area contributed by atoms with Gasteiger partial charge in [0, 0.05) is 11.6 Å². The van der Waals surface area contributed by atoms with Crippen molar-refractivity contribution in [1.29, 1.82) is 0 Å². The van der Waals surface area contributed by atoms with Gasteiger partial charge in [-0.1, -0.05) is 26.0 Å². The van der Waals surface area contributed by atoms with Crippen LogP contribution in [0.1, 0.15) is 55.5 Å². The average Bonchev–Trinajstić information content (AvgIpc) is 3.18. The topological polar surface area (TPSA) is 38.0 Å². The van der Waals surface area contributed by atoms with E-state index >= 15 is 0 Å². The molecule has 1 fully saturated rings. The zero-order chi connectivity index (χ0) is 13.4. The molecule has 1 aliphatic carbocycles. The average molecular weight is 256 g/mol. The molecule has 100 valence electrons. The first kappa shape index (κ1) is 12.4. The summed E-state index contributed by atoms with van der Waals surface area (Å²) in [5.41, 5.74) is 4.42. The van der Waals surface area contributed by atoms with Crippen molar-refractivity contribution in [2.75, 3.05) is 0 Å². The van der Waals surface area contributed by atoms with Gasteiger partial charge in [-0.25, -0.2) is 4.68 Å². The Balaban J connectivity index is 1.98. The fraction of sp³-hybridized carbons (Fsp3) is 0.438. The summed E-state index contributed by atoms with van der Waals surface area (Å²) >= 11 is 0. The molecule has 2 aromatic rings. The highest BCUT2D eigenvalue weighted by Crippen LogP contribution is 2.41. The fourth-order valence-corrected chi connectivity index (χ4v) is 2.40. The van der Waals surface area contributed by atoms with Crippen molar-refractivity contribution in [1.82, 2.24) is 9.78 Å². The van der Waals surface area contributed by atoms with Crippen molar-refractivity contribution >= 4 is 0 Å². The summed E-state index contributed by atoms with van der Waals surface area (Å²) < 4.78 is 1.99. The summed E-state index contributed by atoms with van der Waals surface area (Å²) in [5.74, 6) is 1.17. The normalized spacial score (nSPS) is 15.2. The van der Waals surface area contributed by atoms with Gasteiger partial charge in [-0.3, -0.25) is 0 Å². The number of aliphatic hydroxyl groups excluding tert-OH is 1. The third-order valence-electron chi connectivity index (χ3n) is 3.75. The van der Waals surface area contributed by atoms with E-state index in [1.165, 1.54) is 24.1 Å². The Hall–Kier alpha value is -1.61. The maximum Gasteiger partial charge on any atom is 0.0886 e. The highest BCUT2D eigenvalue weighted by molar-refractivity contribution is 5.38. The summed E-state index contributed by atoms with van der Waals surface area (Å²) in [4.78, 5) is 0. The number of hydrogen-bond acceptors (Lipinski definition) is 2. The fourth-order valence-electron chi connectivity index (χ4n) is 2.40. The van der Waals surface area contributed by atoms with Crippen molar-refractivity contribution in [3.8, 4) is 5.69 Å². The van der Waals surface area contributed by atoms with Crippen LogP contribution in [0.4, 0.5) is 0 Å². The van der Waals surface area contributed by atoms with E-state index in [-0.39, 0.29) is 6.61 Å². The highest BCUT2D eigenvalue weighted by Gasteiger charge is 2.28. The number of rotatable bonds is 4. The SMILES string of the molecule is CC(C)c1ccc(-n2nc(CO)cc2C2CC2)cc1. The standard InChI is InChI=1S/C16H20N2O/c1-11(2)12-5-7-15(8-6-12)18-16(13-3-4-13)9-14(10-19)17-18/h5-9,11,13,19H,3-4,10H2,1-2H3. The second kappa shape index (κ2) is 4.82. The molecule has 0 unspecified atom stereocenters. The van der Waals surface area contributed by atoms with Gasteiger partial charge in [-0.2, -0.15) is 5.10 Å². The Morgan fingerprint density at radius 1 is 1.26 bits per heavy atom. The van der Waals surface area contributed by atoms with Gasteiger partial charge in [0.15, 0.2) is 0 Å². The first-order valence-corrected chi connectivity index (χ1v) is 6.99. The van der Waals surface area contributed by atoms with Crippen molar-refractivity contribution < 1.29 is 5.11 Å². The van der Waals surface area contributed by atoms with Gasteiger partial charge in [0.05, 0.1) is 18.0 Å². The highest BCUT2D eigenvalue weighted by atomic mass is 16.3. The summed E-state index contributed by atoms with van der Waals surface area (Å²) in [6.45, 7) is 4.40. The molecule has 1 saturated carbocycles. The lowest BCUT2D eigenvalue weighted by Gasteiger charge is -2.09. The van der Waals surface area contributed by atoms with Crippen LogP contribution in [0.15, 0.2) is 30.3 Å². The molecule has 3 heteroatoms. The van der Waals surface area contributed by atoms with Gasteiger partial charge in [0.2, 0.25) is 0 Å². The molecule has 1 aromatic carbocycles. The molecule has 1 aromatic heterocycles. The lowest BCUT2D eigenvalue weighted by atomic mass is 10.0. The van der Waals surface area contributed by atoms with E-state index in [4.69, 9.17) is 0 Å². The van der Waals surface area contributed by atoms with E-state index in [2.05, 4.69) is 43.2 Å². The first-order valence-electron chi connectivity index (χ1n) is 6.99. The van der Waals surface area contributed by atoms with E-state index < -0.39 is 0 Å². The molecule has 1 heterocycles. The van der Waals surface area contributed by atoms with Crippen molar-refractivity contribution in [3.63, 3.8) is 0 Å². The molecule has 0 spiro atoms. The molecule has 3 rings (SSSR count). The molecule has 3 nitrogen and oxygen atoms in total. The smallest absolute Gasteiger partial charge is 0.0886 e. The van der Waals surface area contributed by atoms with Crippen LogP contribution in [0.3, 0.4) is 0 Å². The minimum atomic E-state index is 0.0107. The van der Waals surface area contributed by atoms with E-state index in [0.29, 0.717) is 11.8 Å². The third kappa shape index (κ3) is 2.43. The van der Waals surface area contributed by atoms with E-state index in [0.717, 1.165) is 11.4 Å². The van der Waals surface area contributed by atoms with Crippen LogP contribution in [-0.4, -0.2) is 14.9 Å². The monoisotopic (exact) mass is 256 g/mol. The number of aliphatic hydroxyl groups is 1. The molecule has 0 bridgehead atoms. The second-order valence-corrected chi connectivity index (χ2v) is 5.65. The lowest BCUT2D eigenvalue weighted by Crippen LogP contribution is -2.02. The van der Waals surface area contributed by atoms with Crippen LogP contribution >= 0.6 is 0 Å². The number of nitrogens with zero attached hydrogens (tertiary/aromatic N) is 2. The summed E-state index contributed by atoms with van der Waals surface area (Å²) in [6, 6.07) is 10.6. The van der Waals surface area contributed by atoms with Crippen molar-refractivity contribution in [3.05, 3.63) is 47.3 Å². The molecule has 0 radical (unpaired) electrons. The molecule has 0 atom stereocenters. The Kier molecular flexibility index (Phi) is 3.15. The Bertz CT molecular complexity index is 565. The second-order valence-electron chi connectivity index (χ2n) is 5.65. The maximum absolute atomic E-state index is 9.27. The third-order valence-corrected chi connectivity index (χ3v) is 3.75.